The fourth-order valence-corrected chi connectivity index (χ4v) is 4.12. The minimum atomic E-state index is -0.796. The molecule has 3 heterocycles. The lowest BCUT2D eigenvalue weighted by atomic mass is 9.79. The van der Waals surface area contributed by atoms with Crippen molar-refractivity contribution < 1.29 is 9.59 Å². The van der Waals surface area contributed by atoms with Gasteiger partial charge in [-0.3, -0.25) is 10.1 Å². The Bertz CT molecular complexity index is 652. The molecule has 2 fully saturated rings. The van der Waals surface area contributed by atoms with Crippen LogP contribution in [-0.2, 0) is 11.3 Å². The quantitative estimate of drug-likeness (QED) is 0.430. The summed E-state index contributed by atoms with van der Waals surface area (Å²) in [4.78, 5) is 31.8. The summed E-state index contributed by atoms with van der Waals surface area (Å²) < 4.78 is 0. The van der Waals surface area contributed by atoms with Crippen LogP contribution in [0.5, 0.6) is 0 Å². The third-order valence-corrected chi connectivity index (χ3v) is 5.84. The Kier molecular flexibility index (Phi) is 5.27. The Labute approximate surface area is 151 Å². The topological polar surface area (TPSA) is 85.8 Å². The molecule has 2 saturated heterocycles. The Morgan fingerprint density at radius 1 is 1.44 bits per heavy atom. The molecule has 0 aliphatic carbocycles. The van der Waals surface area contributed by atoms with Crippen LogP contribution in [0.1, 0.15) is 31.6 Å². The summed E-state index contributed by atoms with van der Waals surface area (Å²) in [5.74, 6) is 0.837. The molecule has 1 unspecified atom stereocenters. The number of nitrogens with one attached hydrogen (secondary N) is 3. The van der Waals surface area contributed by atoms with E-state index in [9.17, 15) is 9.59 Å². The summed E-state index contributed by atoms with van der Waals surface area (Å²) in [7, 11) is 0. The van der Waals surface area contributed by atoms with Gasteiger partial charge in [0.1, 0.15) is 5.54 Å². The second kappa shape index (κ2) is 7.43. The summed E-state index contributed by atoms with van der Waals surface area (Å²) in [6.45, 7) is 7.02. The number of amides is 3. The van der Waals surface area contributed by atoms with Crippen molar-refractivity contribution in [1.82, 2.24) is 20.9 Å². The number of rotatable bonds is 4. The minimum absolute atomic E-state index is 0.135. The molecular formula is C17H25N5O2S. The smallest absolute Gasteiger partial charge is 0.322 e. The number of aliphatic imine (C=N–C) groups is 1. The van der Waals surface area contributed by atoms with Crippen LogP contribution in [-0.4, -0.2) is 48.0 Å². The lowest BCUT2D eigenvalue weighted by Gasteiger charge is -2.39. The van der Waals surface area contributed by atoms with E-state index in [1.807, 2.05) is 13.0 Å². The van der Waals surface area contributed by atoms with Crippen LogP contribution in [0.25, 0.3) is 0 Å². The largest absolute Gasteiger partial charge is 0.357 e. The van der Waals surface area contributed by atoms with Crippen molar-refractivity contribution in [2.45, 2.75) is 38.8 Å². The molecule has 0 spiro atoms. The Morgan fingerprint density at radius 2 is 2.20 bits per heavy atom. The molecule has 3 amide bonds. The van der Waals surface area contributed by atoms with E-state index >= 15 is 0 Å². The summed E-state index contributed by atoms with van der Waals surface area (Å²) >= 11 is 1.71. The zero-order valence-electron chi connectivity index (χ0n) is 14.7. The number of nitrogens with zero attached hydrogens (tertiary/aromatic N) is 2. The van der Waals surface area contributed by atoms with Crippen LogP contribution in [0.2, 0.25) is 0 Å². The predicted molar refractivity (Wildman–Crippen MR) is 98.5 cm³/mol. The van der Waals surface area contributed by atoms with Gasteiger partial charge in [0, 0.05) is 24.5 Å². The molecule has 3 rings (SSSR count). The van der Waals surface area contributed by atoms with E-state index in [4.69, 9.17) is 4.99 Å². The second-order valence-corrected chi connectivity index (χ2v) is 7.65. The zero-order chi connectivity index (χ0) is 17.9. The van der Waals surface area contributed by atoms with E-state index in [0.717, 1.165) is 38.4 Å². The van der Waals surface area contributed by atoms with Gasteiger partial charge in [0.2, 0.25) is 0 Å². The maximum atomic E-state index is 12.1. The molecule has 2 aliphatic heterocycles. The molecule has 0 radical (unpaired) electrons. The molecule has 2 aliphatic rings. The van der Waals surface area contributed by atoms with E-state index in [2.05, 4.69) is 39.2 Å². The van der Waals surface area contributed by atoms with Crippen LogP contribution < -0.4 is 16.0 Å². The van der Waals surface area contributed by atoms with Gasteiger partial charge in [0.05, 0.1) is 6.54 Å². The average Bonchev–Trinajstić information content (AvgIpc) is 3.20. The Morgan fingerprint density at radius 3 is 2.76 bits per heavy atom. The third kappa shape index (κ3) is 3.78. The number of hydrogen-bond acceptors (Lipinski definition) is 4. The lowest BCUT2D eigenvalue weighted by molar-refractivity contribution is -0.125. The van der Waals surface area contributed by atoms with Crippen LogP contribution in [0.3, 0.4) is 0 Å². The monoisotopic (exact) mass is 363 g/mol. The highest BCUT2D eigenvalue weighted by Gasteiger charge is 2.48. The van der Waals surface area contributed by atoms with Crippen molar-refractivity contribution in [1.29, 1.82) is 0 Å². The summed E-state index contributed by atoms with van der Waals surface area (Å²) in [5, 5.41) is 10.6. The number of carbonyl (C=O) groups is 2. The predicted octanol–water partition coefficient (Wildman–Crippen LogP) is 1.52. The van der Waals surface area contributed by atoms with E-state index in [-0.39, 0.29) is 17.9 Å². The molecule has 0 saturated carbocycles. The molecular weight excluding hydrogens is 338 g/mol. The molecule has 1 atom stereocenters. The maximum absolute atomic E-state index is 12.1. The van der Waals surface area contributed by atoms with Crippen LogP contribution in [0.4, 0.5) is 4.79 Å². The van der Waals surface area contributed by atoms with Crippen molar-refractivity contribution in [2.24, 2.45) is 10.9 Å². The van der Waals surface area contributed by atoms with Gasteiger partial charge in [0.25, 0.3) is 5.91 Å². The van der Waals surface area contributed by atoms with Crippen molar-refractivity contribution >= 4 is 29.2 Å². The molecule has 7 nitrogen and oxygen atoms in total. The van der Waals surface area contributed by atoms with Crippen molar-refractivity contribution in [3.63, 3.8) is 0 Å². The summed E-state index contributed by atoms with van der Waals surface area (Å²) in [6.07, 6.45) is 1.68. The van der Waals surface area contributed by atoms with E-state index < -0.39 is 5.54 Å². The Hall–Kier alpha value is -2.09. The fraction of sp³-hybridized carbons (Fsp3) is 0.588. The maximum Gasteiger partial charge on any atom is 0.322 e. The highest BCUT2D eigenvalue weighted by atomic mass is 32.1. The van der Waals surface area contributed by atoms with Crippen molar-refractivity contribution in [3.05, 3.63) is 22.4 Å². The first-order valence-electron chi connectivity index (χ1n) is 8.72. The molecule has 25 heavy (non-hydrogen) atoms. The summed E-state index contributed by atoms with van der Waals surface area (Å²) in [6, 6.07) is 3.74. The average molecular weight is 363 g/mol. The van der Waals surface area contributed by atoms with E-state index in [0.29, 0.717) is 6.54 Å². The lowest BCUT2D eigenvalue weighted by Crippen LogP contribution is -2.55. The van der Waals surface area contributed by atoms with Gasteiger partial charge in [-0.15, -0.1) is 11.3 Å². The number of carbonyl (C=O) groups excluding carboxylic acids is 2. The van der Waals surface area contributed by atoms with Gasteiger partial charge in [-0.25, -0.2) is 9.79 Å². The fourth-order valence-electron chi connectivity index (χ4n) is 3.49. The zero-order valence-corrected chi connectivity index (χ0v) is 15.5. The van der Waals surface area contributed by atoms with Gasteiger partial charge >= 0.3 is 6.03 Å². The number of guanidine groups is 1. The first kappa shape index (κ1) is 17.7. The van der Waals surface area contributed by atoms with Gasteiger partial charge in [-0.2, -0.15) is 0 Å². The normalized spacial score (nSPS) is 25.0. The summed E-state index contributed by atoms with van der Waals surface area (Å²) in [5.41, 5.74) is -0.796. The highest BCUT2D eigenvalue weighted by Crippen LogP contribution is 2.30. The SMILES string of the molecule is CCNC(=NCc1cccs1)N1CCC(C2(C)NC(=O)NC2=O)CC1. The number of piperidine rings is 1. The first-order chi connectivity index (χ1) is 12.0. The molecule has 0 aromatic carbocycles. The molecule has 1 aromatic rings. The second-order valence-electron chi connectivity index (χ2n) is 6.62. The number of imide groups is 1. The number of hydrogen-bond donors (Lipinski definition) is 3. The minimum Gasteiger partial charge on any atom is -0.357 e. The third-order valence-electron chi connectivity index (χ3n) is 4.98. The molecule has 0 bridgehead atoms. The van der Waals surface area contributed by atoms with Gasteiger partial charge in [-0.1, -0.05) is 6.07 Å². The van der Waals surface area contributed by atoms with Crippen molar-refractivity contribution in [3.8, 4) is 0 Å². The van der Waals surface area contributed by atoms with Gasteiger partial charge in [0.15, 0.2) is 5.96 Å². The first-order valence-corrected chi connectivity index (χ1v) is 9.60. The Balaban J connectivity index is 1.62. The molecule has 3 N–H and O–H groups in total. The van der Waals surface area contributed by atoms with Crippen molar-refractivity contribution in [2.75, 3.05) is 19.6 Å². The van der Waals surface area contributed by atoms with Crippen LogP contribution in [0.15, 0.2) is 22.5 Å². The number of thiophene rings is 1. The van der Waals surface area contributed by atoms with Gasteiger partial charge in [-0.05, 0) is 44.1 Å². The number of urea groups is 1. The standard InChI is InChI=1S/C17H25N5O2S/c1-3-18-15(19-11-13-5-4-10-25-13)22-8-6-12(7-9-22)17(2)14(23)20-16(24)21-17/h4-5,10,12H,3,6-9,11H2,1-2H3,(H,18,19)(H2,20,21,23,24). The molecule has 136 valence electrons. The van der Waals surface area contributed by atoms with Crippen LogP contribution >= 0.6 is 11.3 Å². The van der Waals surface area contributed by atoms with E-state index in [1.165, 1.54) is 4.88 Å². The van der Waals surface area contributed by atoms with Crippen LogP contribution in [0, 0.1) is 5.92 Å². The number of likely N-dealkylation sites (tertiary alicyclic amines) is 1. The van der Waals surface area contributed by atoms with E-state index in [1.54, 1.807) is 11.3 Å². The highest BCUT2D eigenvalue weighted by molar-refractivity contribution is 7.09. The van der Waals surface area contributed by atoms with Gasteiger partial charge < -0.3 is 15.5 Å². The molecule has 1 aromatic heterocycles. The molecule has 8 heteroatoms.